The first-order chi connectivity index (χ1) is 17.2. The van der Waals surface area contributed by atoms with E-state index >= 15 is 0 Å². The Morgan fingerprint density at radius 1 is 1.08 bits per heavy atom. The number of rotatable bonds is 6. The summed E-state index contributed by atoms with van der Waals surface area (Å²) in [6.45, 7) is 4.32. The number of piperazine rings is 1. The number of nitrogens with one attached hydrogen (secondary N) is 1. The van der Waals surface area contributed by atoms with Gasteiger partial charge in [0.2, 0.25) is 5.91 Å². The topological polar surface area (TPSA) is 87.5 Å². The zero-order valence-corrected chi connectivity index (χ0v) is 22.4. The molecule has 1 amide bonds. The highest BCUT2D eigenvalue weighted by Crippen LogP contribution is 2.31. The van der Waals surface area contributed by atoms with Crippen molar-refractivity contribution in [2.45, 2.75) is 17.9 Å². The molecule has 1 aliphatic rings. The zero-order chi connectivity index (χ0) is 25.4. The van der Waals surface area contributed by atoms with Gasteiger partial charge in [-0.1, -0.05) is 23.2 Å². The van der Waals surface area contributed by atoms with E-state index in [-0.39, 0.29) is 18.3 Å². The summed E-state index contributed by atoms with van der Waals surface area (Å²) in [5.74, 6) is 0.0351. The minimum atomic E-state index is -3.69. The minimum absolute atomic E-state index is 0. The van der Waals surface area contributed by atoms with E-state index < -0.39 is 10.0 Å². The smallest absolute Gasteiger partial charge is 0.263 e. The van der Waals surface area contributed by atoms with Crippen LogP contribution in [0.25, 0.3) is 10.9 Å². The molecule has 2 aromatic heterocycles. The first-order valence-electron chi connectivity index (χ1n) is 11.2. The number of carbonyl (C=O) groups excluding carboxylic acids is 1. The second-order valence-corrected chi connectivity index (χ2v) is 11.9. The highest BCUT2D eigenvalue weighted by molar-refractivity contribution is 7.93. The van der Waals surface area contributed by atoms with Gasteiger partial charge in [0.15, 0.2) is 5.13 Å². The van der Waals surface area contributed by atoms with Crippen LogP contribution in [0.15, 0.2) is 65.1 Å². The molecule has 1 aliphatic heterocycles. The van der Waals surface area contributed by atoms with Crippen LogP contribution in [0.3, 0.4) is 0 Å². The number of anilines is 2. The van der Waals surface area contributed by atoms with Gasteiger partial charge in [0.25, 0.3) is 10.0 Å². The molecular weight excluding hydrogens is 541 g/mol. The second-order valence-electron chi connectivity index (χ2n) is 8.47. The fourth-order valence-electron chi connectivity index (χ4n) is 4.34. The van der Waals surface area contributed by atoms with E-state index in [4.69, 9.17) is 23.2 Å². The lowest BCUT2D eigenvalue weighted by atomic mass is 10.2. The molecule has 1 saturated heterocycles. The minimum Gasteiger partial charge on any atom is -0.368 e. The Morgan fingerprint density at radius 2 is 1.78 bits per heavy atom. The van der Waals surface area contributed by atoms with Gasteiger partial charge in [0.1, 0.15) is 6.04 Å². The summed E-state index contributed by atoms with van der Waals surface area (Å²) in [5, 5.41) is 3.90. The van der Waals surface area contributed by atoms with Crippen molar-refractivity contribution in [3.63, 3.8) is 0 Å². The molecule has 1 unspecified atom stereocenters. The summed E-state index contributed by atoms with van der Waals surface area (Å²) >= 11 is 13.6. The summed E-state index contributed by atoms with van der Waals surface area (Å²) in [6.07, 6.45) is 3.43. The van der Waals surface area contributed by atoms with Crippen LogP contribution in [0, 0.1) is 0 Å². The molecule has 0 spiro atoms. The summed E-state index contributed by atoms with van der Waals surface area (Å²) in [5.41, 5.74) is 1.77. The number of aromatic nitrogens is 2. The van der Waals surface area contributed by atoms with Crippen LogP contribution in [0.1, 0.15) is 14.4 Å². The van der Waals surface area contributed by atoms with Crippen LogP contribution >= 0.6 is 34.5 Å². The predicted molar refractivity (Wildman–Crippen MR) is 147 cm³/mol. The number of halogens is 2. The van der Waals surface area contributed by atoms with E-state index in [1.54, 1.807) is 48.0 Å². The molecule has 1 atom stereocenters. The number of sulfonamides is 1. The van der Waals surface area contributed by atoms with E-state index in [2.05, 4.69) is 14.6 Å². The van der Waals surface area contributed by atoms with Gasteiger partial charge in [-0.25, -0.2) is 13.4 Å². The molecule has 1 N–H and O–H groups in total. The SMILES string of the molecule is CC(C(=O)N1CCN(c2ccc(S(=O)(=O)Nc3nccs3)cc2)CC1)n1ccc2cc(Cl)c(Cl)cc21.[HH]. The number of benzene rings is 2. The Kier molecular flexibility index (Phi) is 6.86. The van der Waals surface area contributed by atoms with E-state index in [0.29, 0.717) is 41.4 Å². The van der Waals surface area contributed by atoms with Crippen LogP contribution in [0.2, 0.25) is 10.0 Å². The van der Waals surface area contributed by atoms with Crippen LogP contribution in [0.5, 0.6) is 0 Å². The average Bonchev–Trinajstić information content (AvgIpc) is 3.53. The summed E-state index contributed by atoms with van der Waals surface area (Å²) in [7, 11) is -3.69. The fourth-order valence-corrected chi connectivity index (χ4v) is 6.46. The lowest BCUT2D eigenvalue weighted by molar-refractivity contribution is -0.134. The number of nitrogens with zero attached hydrogens (tertiary/aromatic N) is 4. The molecule has 0 bridgehead atoms. The van der Waals surface area contributed by atoms with Crippen LogP contribution in [-0.2, 0) is 14.8 Å². The third kappa shape index (κ3) is 4.90. The molecule has 0 aliphatic carbocycles. The van der Waals surface area contributed by atoms with Crippen molar-refractivity contribution in [3.8, 4) is 0 Å². The largest absolute Gasteiger partial charge is 0.368 e. The molecular formula is C24H25Cl2N5O3S2. The van der Waals surface area contributed by atoms with E-state index in [1.807, 2.05) is 28.7 Å². The molecule has 3 heterocycles. The van der Waals surface area contributed by atoms with Gasteiger partial charge in [0.05, 0.1) is 20.5 Å². The summed E-state index contributed by atoms with van der Waals surface area (Å²) in [4.78, 5) is 21.4. The number of carbonyl (C=O) groups is 1. The highest BCUT2D eigenvalue weighted by atomic mass is 35.5. The maximum atomic E-state index is 13.3. The molecule has 36 heavy (non-hydrogen) atoms. The van der Waals surface area contributed by atoms with Gasteiger partial charge < -0.3 is 14.4 Å². The van der Waals surface area contributed by atoms with Gasteiger partial charge in [-0.2, -0.15) is 0 Å². The van der Waals surface area contributed by atoms with Crippen molar-refractivity contribution in [2.24, 2.45) is 0 Å². The standard InChI is InChI=1S/C24H23Cl2N5O3S2.H2/c1-16(31-8-6-17-14-20(25)21(26)15-22(17)31)23(32)30-11-9-29(10-12-30)18-2-4-19(5-3-18)36(33,34)28-24-27-7-13-35-24;/h2-8,13-16H,9-12H2,1H3,(H,27,28);1H. The third-order valence-corrected chi connectivity index (χ3v) is 9.19. The lowest BCUT2D eigenvalue weighted by Crippen LogP contribution is -2.50. The molecule has 2 aromatic carbocycles. The average molecular weight is 567 g/mol. The molecule has 5 rings (SSSR count). The predicted octanol–water partition coefficient (Wildman–Crippen LogP) is 5.36. The molecule has 0 radical (unpaired) electrons. The highest BCUT2D eigenvalue weighted by Gasteiger charge is 2.27. The Hall–Kier alpha value is -2.79. The molecule has 12 heteroatoms. The van der Waals surface area contributed by atoms with Gasteiger partial charge in [-0.05, 0) is 49.4 Å². The second kappa shape index (κ2) is 9.93. The van der Waals surface area contributed by atoms with Crippen LogP contribution in [0.4, 0.5) is 10.8 Å². The Balaban J connectivity index is 0.00000320. The van der Waals surface area contributed by atoms with Crippen LogP contribution in [-0.4, -0.2) is 55.0 Å². The van der Waals surface area contributed by atoms with Crippen molar-refractivity contribution in [1.82, 2.24) is 14.5 Å². The molecule has 8 nitrogen and oxygen atoms in total. The van der Waals surface area contributed by atoms with Gasteiger partial charge in [0, 0.05) is 56.5 Å². The van der Waals surface area contributed by atoms with Gasteiger partial charge >= 0.3 is 0 Å². The van der Waals surface area contributed by atoms with Crippen molar-refractivity contribution < 1.29 is 14.6 Å². The van der Waals surface area contributed by atoms with Crippen molar-refractivity contribution in [3.05, 3.63) is 70.3 Å². The normalized spacial score (nSPS) is 15.3. The Bertz CT molecular complexity index is 1500. The number of fused-ring (bicyclic) bond motifs is 1. The van der Waals surface area contributed by atoms with Crippen LogP contribution < -0.4 is 9.62 Å². The number of hydrogen-bond donors (Lipinski definition) is 1. The maximum absolute atomic E-state index is 13.3. The quantitative estimate of drug-likeness (QED) is 0.340. The fraction of sp³-hybridized carbons (Fsp3) is 0.250. The Labute approximate surface area is 224 Å². The number of amides is 1. The molecule has 4 aromatic rings. The van der Waals surface area contributed by atoms with Crippen molar-refractivity contribution in [2.75, 3.05) is 35.8 Å². The third-order valence-electron chi connectivity index (χ3n) is 6.29. The summed E-state index contributed by atoms with van der Waals surface area (Å²) in [6, 6.07) is 11.9. The Morgan fingerprint density at radius 3 is 2.44 bits per heavy atom. The van der Waals surface area contributed by atoms with Gasteiger partial charge in [-0.15, -0.1) is 11.3 Å². The maximum Gasteiger partial charge on any atom is 0.263 e. The molecule has 1 fully saturated rings. The van der Waals surface area contributed by atoms with E-state index in [1.165, 1.54) is 11.3 Å². The lowest BCUT2D eigenvalue weighted by Gasteiger charge is -2.37. The number of hydrogen-bond acceptors (Lipinski definition) is 6. The van der Waals surface area contributed by atoms with E-state index in [0.717, 1.165) is 16.6 Å². The molecule has 0 saturated carbocycles. The first-order valence-corrected chi connectivity index (χ1v) is 14.4. The zero-order valence-electron chi connectivity index (χ0n) is 19.3. The van der Waals surface area contributed by atoms with Crippen molar-refractivity contribution >= 4 is 72.2 Å². The first kappa shape index (κ1) is 24.9. The number of thiazole rings is 1. The summed E-state index contributed by atoms with van der Waals surface area (Å²) < 4.78 is 29.5. The molecule has 190 valence electrons. The van der Waals surface area contributed by atoms with E-state index in [9.17, 15) is 13.2 Å². The monoisotopic (exact) mass is 565 g/mol. The van der Waals surface area contributed by atoms with Gasteiger partial charge in [-0.3, -0.25) is 9.52 Å². The van der Waals surface area contributed by atoms with Crippen molar-refractivity contribution in [1.29, 1.82) is 0 Å².